The number of carbonyl (C=O) groups is 2. The van der Waals surface area contributed by atoms with Gasteiger partial charge >= 0.3 is 12.2 Å². The van der Waals surface area contributed by atoms with Gasteiger partial charge in [-0.15, -0.1) is 0 Å². The number of benzene rings is 2. The lowest BCUT2D eigenvalue weighted by atomic mass is 10.1. The Labute approximate surface area is 223 Å². The SMILES string of the molecule is CC(C)(C)OC(=O)N1CCN(c2cc(Cl)cc3c2OCCN3C(=O)OCc2ccccc2)CC1.CCO. The second-order valence-corrected chi connectivity index (χ2v) is 10.0. The minimum Gasteiger partial charge on any atom is -0.487 e. The Morgan fingerprint density at radius 3 is 2.24 bits per heavy atom. The summed E-state index contributed by atoms with van der Waals surface area (Å²) < 4.78 is 17.0. The number of fused-ring (bicyclic) bond motifs is 1. The van der Waals surface area contributed by atoms with Gasteiger partial charge in [0.05, 0.1) is 17.9 Å². The van der Waals surface area contributed by atoms with Crippen LogP contribution in [0.25, 0.3) is 0 Å². The van der Waals surface area contributed by atoms with Gasteiger partial charge in [-0.05, 0) is 45.4 Å². The van der Waals surface area contributed by atoms with Crippen molar-refractivity contribution < 1.29 is 28.9 Å². The van der Waals surface area contributed by atoms with E-state index in [0.29, 0.717) is 55.8 Å². The molecule has 2 heterocycles. The topological polar surface area (TPSA) is 91.8 Å². The fraction of sp³-hybridized carbons (Fsp3) is 0.481. The number of hydrogen-bond donors (Lipinski definition) is 1. The first-order valence-electron chi connectivity index (χ1n) is 12.4. The second-order valence-electron chi connectivity index (χ2n) is 9.58. The molecule has 0 spiro atoms. The van der Waals surface area contributed by atoms with Crippen LogP contribution in [0.3, 0.4) is 0 Å². The molecule has 37 heavy (non-hydrogen) atoms. The van der Waals surface area contributed by atoms with Crippen molar-refractivity contribution in [1.82, 2.24) is 4.90 Å². The van der Waals surface area contributed by atoms with Crippen molar-refractivity contribution in [2.75, 3.05) is 55.7 Å². The van der Waals surface area contributed by atoms with Crippen LogP contribution in [0, 0.1) is 0 Å². The third-order valence-electron chi connectivity index (χ3n) is 5.56. The standard InChI is InChI=1S/C25H30ClN3O5.C2H6O/c1-25(2,3)34-23(30)28-11-9-27(10-12-28)20-15-19(26)16-21-22(20)32-14-13-29(21)24(31)33-17-18-7-5-4-6-8-18;1-2-3/h4-8,15-16H,9-14,17H2,1-3H3;3H,2H2,1H3. The Balaban J connectivity index is 0.00000121. The van der Waals surface area contributed by atoms with Crippen molar-refractivity contribution in [3.05, 3.63) is 53.1 Å². The van der Waals surface area contributed by atoms with Gasteiger partial charge in [-0.1, -0.05) is 41.9 Å². The summed E-state index contributed by atoms with van der Waals surface area (Å²) in [4.78, 5) is 30.7. The first-order chi connectivity index (χ1) is 17.6. The predicted molar refractivity (Wildman–Crippen MR) is 144 cm³/mol. The van der Waals surface area contributed by atoms with Gasteiger partial charge < -0.3 is 29.1 Å². The number of piperazine rings is 1. The second kappa shape index (κ2) is 12.9. The predicted octanol–water partition coefficient (Wildman–Crippen LogP) is 4.93. The Bertz CT molecular complexity index is 1050. The van der Waals surface area contributed by atoms with Crippen LogP contribution >= 0.6 is 11.6 Å². The molecule has 0 bridgehead atoms. The molecule has 202 valence electrons. The maximum Gasteiger partial charge on any atom is 0.414 e. The third-order valence-corrected chi connectivity index (χ3v) is 5.78. The lowest BCUT2D eigenvalue weighted by Gasteiger charge is -2.39. The molecule has 0 aromatic heterocycles. The van der Waals surface area contributed by atoms with Crippen LogP contribution in [0.4, 0.5) is 21.0 Å². The molecule has 10 heteroatoms. The van der Waals surface area contributed by atoms with E-state index in [-0.39, 0.29) is 19.3 Å². The van der Waals surface area contributed by atoms with E-state index < -0.39 is 11.7 Å². The van der Waals surface area contributed by atoms with E-state index in [0.717, 1.165) is 11.3 Å². The van der Waals surface area contributed by atoms with Crippen LogP contribution in [0.1, 0.15) is 33.3 Å². The molecule has 4 rings (SSSR count). The molecule has 0 radical (unpaired) electrons. The number of carbonyl (C=O) groups excluding carboxylic acids is 2. The van der Waals surface area contributed by atoms with Gasteiger partial charge in [-0.2, -0.15) is 0 Å². The molecular weight excluding hydrogens is 498 g/mol. The van der Waals surface area contributed by atoms with Gasteiger partial charge in [0.25, 0.3) is 0 Å². The number of halogens is 1. The quantitative estimate of drug-likeness (QED) is 0.598. The van der Waals surface area contributed by atoms with E-state index in [1.54, 1.807) is 22.8 Å². The van der Waals surface area contributed by atoms with Crippen molar-refractivity contribution >= 4 is 35.2 Å². The fourth-order valence-electron chi connectivity index (χ4n) is 3.95. The first kappa shape index (κ1) is 28.4. The zero-order chi connectivity index (χ0) is 27.0. The smallest absolute Gasteiger partial charge is 0.414 e. The monoisotopic (exact) mass is 533 g/mol. The Hall–Kier alpha value is -3.17. The average Bonchev–Trinajstić information content (AvgIpc) is 2.86. The number of rotatable bonds is 3. The summed E-state index contributed by atoms with van der Waals surface area (Å²) in [5.74, 6) is 0.595. The van der Waals surface area contributed by atoms with Gasteiger partial charge in [-0.3, -0.25) is 4.90 Å². The summed E-state index contributed by atoms with van der Waals surface area (Å²) in [6.07, 6.45) is -0.764. The highest BCUT2D eigenvalue weighted by Crippen LogP contribution is 2.43. The van der Waals surface area contributed by atoms with Gasteiger partial charge in [0.1, 0.15) is 18.8 Å². The summed E-state index contributed by atoms with van der Waals surface area (Å²) in [5, 5.41) is 8.06. The third kappa shape index (κ3) is 7.90. The highest BCUT2D eigenvalue weighted by Gasteiger charge is 2.32. The zero-order valence-corrected chi connectivity index (χ0v) is 22.7. The van der Waals surface area contributed by atoms with Gasteiger partial charge in [0.15, 0.2) is 5.75 Å². The van der Waals surface area contributed by atoms with E-state index in [1.807, 2.05) is 57.2 Å². The lowest BCUT2D eigenvalue weighted by molar-refractivity contribution is 0.0240. The number of anilines is 2. The fourth-order valence-corrected chi connectivity index (χ4v) is 4.16. The summed E-state index contributed by atoms with van der Waals surface area (Å²) >= 11 is 6.45. The van der Waals surface area contributed by atoms with E-state index in [2.05, 4.69) is 4.90 Å². The molecule has 2 aromatic rings. The van der Waals surface area contributed by atoms with E-state index in [9.17, 15) is 9.59 Å². The Morgan fingerprint density at radius 1 is 1.00 bits per heavy atom. The van der Waals surface area contributed by atoms with Crippen molar-refractivity contribution in [2.24, 2.45) is 0 Å². The van der Waals surface area contributed by atoms with Gasteiger partial charge in [-0.25, -0.2) is 9.59 Å². The average molecular weight is 534 g/mol. The molecule has 0 saturated carbocycles. The summed E-state index contributed by atoms with van der Waals surface area (Å²) in [6, 6.07) is 13.1. The maximum atomic E-state index is 12.9. The summed E-state index contributed by atoms with van der Waals surface area (Å²) in [7, 11) is 0. The first-order valence-corrected chi connectivity index (χ1v) is 12.8. The van der Waals surface area contributed by atoms with Gasteiger partial charge in [0.2, 0.25) is 0 Å². The molecule has 0 atom stereocenters. The molecule has 2 amide bonds. The number of ether oxygens (including phenoxy) is 3. The number of aliphatic hydroxyl groups is 1. The number of aliphatic hydroxyl groups excluding tert-OH is 1. The van der Waals surface area contributed by atoms with Crippen molar-refractivity contribution in [3.63, 3.8) is 0 Å². The summed E-state index contributed by atoms with van der Waals surface area (Å²) in [6.45, 7) is 10.6. The maximum absolute atomic E-state index is 12.9. The molecule has 1 saturated heterocycles. The lowest BCUT2D eigenvalue weighted by Crippen LogP contribution is -2.50. The molecule has 1 fully saturated rings. The van der Waals surface area contributed by atoms with Gasteiger partial charge in [0, 0.05) is 37.8 Å². The largest absolute Gasteiger partial charge is 0.487 e. The van der Waals surface area contributed by atoms with Crippen molar-refractivity contribution in [3.8, 4) is 5.75 Å². The van der Waals surface area contributed by atoms with E-state index >= 15 is 0 Å². The van der Waals surface area contributed by atoms with Crippen LogP contribution < -0.4 is 14.5 Å². The molecule has 1 N–H and O–H groups in total. The Morgan fingerprint density at radius 2 is 1.62 bits per heavy atom. The molecular formula is C27H36ClN3O6. The molecule has 0 aliphatic carbocycles. The molecule has 0 unspecified atom stereocenters. The Kier molecular flexibility index (Phi) is 9.88. The number of amides is 2. The normalized spacial score (nSPS) is 15.1. The number of hydrogen-bond acceptors (Lipinski definition) is 7. The molecule has 9 nitrogen and oxygen atoms in total. The van der Waals surface area contributed by atoms with Crippen molar-refractivity contribution in [1.29, 1.82) is 0 Å². The zero-order valence-electron chi connectivity index (χ0n) is 21.9. The minimum absolute atomic E-state index is 0.187. The van der Waals surface area contributed by atoms with Crippen LogP contribution in [0.2, 0.25) is 5.02 Å². The van der Waals surface area contributed by atoms with Crippen LogP contribution in [0.5, 0.6) is 5.75 Å². The van der Waals surface area contributed by atoms with Crippen molar-refractivity contribution in [2.45, 2.75) is 39.9 Å². The molecule has 2 aliphatic heterocycles. The summed E-state index contributed by atoms with van der Waals surface area (Å²) in [5.41, 5.74) is 1.76. The van der Waals surface area contributed by atoms with Crippen LogP contribution in [-0.4, -0.2) is 73.7 Å². The van der Waals surface area contributed by atoms with E-state index in [4.69, 9.17) is 30.9 Å². The highest BCUT2D eigenvalue weighted by molar-refractivity contribution is 6.31. The molecule has 2 aromatic carbocycles. The van der Waals surface area contributed by atoms with E-state index in [1.165, 1.54) is 0 Å². The van der Waals surface area contributed by atoms with Crippen LogP contribution in [0.15, 0.2) is 42.5 Å². The highest BCUT2D eigenvalue weighted by atomic mass is 35.5. The number of nitrogens with zero attached hydrogens (tertiary/aromatic N) is 3. The molecule has 2 aliphatic rings. The van der Waals surface area contributed by atoms with Crippen LogP contribution in [-0.2, 0) is 16.1 Å². The minimum atomic E-state index is -0.535.